The van der Waals surface area contributed by atoms with Crippen LogP contribution in [0.5, 0.6) is 0 Å². The fourth-order valence-electron chi connectivity index (χ4n) is 1.38. The molecule has 92 valence electrons. The van der Waals surface area contributed by atoms with Crippen molar-refractivity contribution >= 4 is 29.1 Å². The molecule has 0 aliphatic carbocycles. The largest absolute Gasteiger partial charge is 0.293 e. The Kier molecular flexibility index (Phi) is 4.33. The Balaban J connectivity index is 2.06. The van der Waals surface area contributed by atoms with Crippen molar-refractivity contribution in [2.45, 2.75) is 4.90 Å². The summed E-state index contributed by atoms with van der Waals surface area (Å²) in [7, 11) is 0. The van der Waals surface area contributed by atoms with Crippen LogP contribution >= 0.6 is 23.4 Å². The number of carbonyl (C=O) groups excluding carboxylic acids is 1. The molecule has 0 amide bonds. The van der Waals surface area contributed by atoms with Gasteiger partial charge in [0, 0.05) is 11.1 Å². The second-order valence-electron chi connectivity index (χ2n) is 3.50. The molecule has 0 radical (unpaired) electrons. The number of carbonyl (C=O) groups is 1. The van der Waals surface area contributed by atoms with Gasteiger partial charge in [-0.05, 0) is 18.2 Å². The van der Waals surface area contributed by atoms with E-state index in [0.717, 1.165) is 11.1 Å². The standard InChI is InChI=1S/C13H9ClFNOS/c14-10-3-1-2-4-13(10)18-8-12(17)9-5-6-16-7-11(9)15/h1-7H,8H2. The van der Waals surface area contributed by atoms with Gasteiger partial charge in [-0.15, -0.1) is 11.8 Å². The van der Waals surface area contributed by atoms with Crippen LogP contribution in [0.4, 0.5) is 4.39 Å². The summed E-state index contributed by atoms with van der Waals surface area (Å²) in [6.45, 7) is 0. The number of Topliss-reactive ketones (excluding diaryl/α,β-unsaturated/α-hetero) is 1. The molecule has 0 saturated carbocycles. The first-order valence-corrected chi connectivity index (χ1v) is 6.55. The fourth-order valence-corrected chi connectivity index (χ4v) is 2.51. The molecule has 0 spiro atoms. The third-order valence-electron chi connectivity index (χ3n) is 2.27. The highest BCUT2D eigenvalue weighted by Crippen LogP contribution is 2.27. The van der Waals surface area contributed by atoms with Gasteiger partial charge in [-0.1, -0.05) is 23.7 Å². The van der Waals surface area contributed by atoms with Gasteiger partial charge >= 0.3 is 0 Å². The monoisotopic (exact) mass is 281 g/mol. The summed E-state index contributed by atoms with van der Waals surface area (Å²) < 4.78 is 13.3. The van der Waals surface area contributed by atoms with Crippen LogP contribution < -0.4 is 0 Å². The Bertz CT molecular complexity index is 576. The lowest BCUT2D eigenvalue weighted by Gasteiger charge is -2.04. The molecule has 0 N–H and O–H groups in total. The van der Waals surface area contributed by atoms with E-state index in [1.54, 1.807) is 6.07 Å². The molecular formula is C13H9ClFNOS. The summed E-state index contributed by atoms with van der Waals surface area (Å²) in [5, 5.41) is 0.588. The Morgan fingerprint density at radius 2 is 2.11 bits per heavy atom. The van der Waals surface area contributed by atoms with Crippen LogP contribution in [0.15, 0.2) is 47.6 Å². The number of nitrogens with zero attached hydrogens (tertiary/aromatic N) is 1. The normalized spacial score (nSPS) is 10.3. The van der Waals surface area contributed by atoms with Crippen LogP contribution in [0.2, 0.25) is 5.02 Å². The highest BCUT2D eigenvalue weighted by molar-refractivity contribution is 8.00. The molecule has 0 aliphatic heterocycles. The van der Waals surface area contributed by atoms with Crippen molar-refractivity contribution in [2.24, 2.45) is 0 Å². The highest BCUT2D eigenvalue weighted by atomic mass is 35.5. The van der Waals surface area contributed by atoms with Gasteiger partial charge in [-0.3, -0.25) is 9.78 Å². The van der Waals surface area contributed by atoms with Crippen molar-refractivity contribution in [1.29, 1.82) is 0 Å². The van der Waals surface area contributed by atoms with Gasteiger partial charge in [0.1, 0.15) is 0 Å². The van der Waals surface area contributed by atoms with E-state index in [4.69, 9.17) is 11.6 Å². The molecule has 0 fully saturated rings. The molecule has 1 aromatic carbocycles. The van der Waals surface area contributed by atoms with Gasteiger partial charge in [-0.25, -0.2) is 4.39 Å². The number of ketones is 1. The molecule has 0 unspecified atom stereocenters. The minimum absolute atomic E-state index is 0.0598. The third-order valence-corrected chi connectivity index (χ3v) is 3.78. The van der Waals surface area contributed by atoms with Gasteiger partial charge in [0.05, 0.1) is 22.5 Å². The zero-order valence-electron chi connectivity index (χ0n) is 9.27. The van der Waals surface area contributed by atoms with E-state index >= 15 is 0 Å². The lowest BCUT2D eigenvalue weighted by atomic mass is 10.2. The van der Waals surface area contributed by atoms with Crippen molar-refractivity contribution in [2.75, 3.05) is 5.75 Å². The Hall–Kier alpha value is -1.39. The summed E-state index contributed by atoms with van der Waals surface area (Å²) in [4.78, 5) is 16.2. The summed E-state index contributed by atoms with van der Waals surface area (Å²) in [6, 6.07) is 8.61. The first kappa shape index (κ1) is 13.1. The quantitative estimate of drug-likeness (QED) is 0.630. The number of hydrogen-bond donors (Lipinski definition) is 0. The minimum atomic E-state index is -0.595. The first-order valence-electron chi connectivity index (χ1n) is 5.18. The molecule has 0 bridgehead atoms. The van der Waals surface area contributed by atoms with Crippen LogP contribution in [0.25, 0.3) is 0 Å². The van der Waals surface area contributed by atoms with Gasteiger partial charge < -0.3 is 0 Å². The zero-order chi connectivity index (χ0) is 13.0. The van der Waals surface area contributed by atoms with Crippen LogP contribution in [-0.2, 0) is 0 Å². The average molecular weight is 282 g/mol. The van der Waals surface area contributed by atoms with Crippen LogP contribution in [0, 0.1) is 5.82 Å². The van der Waals surface area contributed by atoms with Crippen LogP contribution in [0.1, 0.15) is 10.4 Å². The molecule has 0 saturated heterocycles. The van der Waals surface area contributed by atoms with Crippen molar-refractivity contribution in [3.05, 3.63) is 59.1 Å². The fraction of sp³-hybridized carbons (Fsp3) is 0.0769. The maximum Gasteiger partial charge on any atom is 0.176 e. The van der Waals surface area contributed by atoms with Gasteiger partial charge in [0.15, 0.2) is 11.6 Å². The highest BCUT2D eigenvalue weighted by Gasteiger charge is 2.12. The number of benzene rings is 1. The Morgan fingerprint density at radius 1 is 1.33 bits per heavy atom. The molecule has 1 aromatic heterocycles. The van der Waals surface area contributed by atoms with Gasteiger partial charge in [-0.2, -0.15) is 0 Å². The molecule has 2 aromatic rings. The molecular weight excluding hydrogens is 273 g/mol. The number of hydrogen-bond acceptors (Lipinski definition) is 3. The Labute approximate surface area is 113 Å². The lowest BCUT2D eigenvalue weighted by molar-refractivity contribution is 0.101. The second-order valence-corrected chi connectivity index (χ2v) is 4.92. The van der Waals surface area contributed by atoms with Crippen LogP contribution in [-0.4, -0.2) is 16.5 Å². The SMILES string of the molecule is O=C(CSc1ccccc1Cl)c1ccncc1F. The van der Waals surface area contributed by atoms with Crippen LogP contribution in [0.3, 0.4) is 0 Å². The van der Waals surface area contributed by atoms with E-state index in [-0.39, 0.29) is 17.1 Å². The molecule has 0 atom stereocenters. The summed E-state index contributed by atoms with van der Waals surface area (Å²) >= 11 is 7.26. The van der Waals surface area contributed by atoms with E-state index in [1.165, 1.54) is 24.0 Å². The predicted molar refractivity (Wildman–Crippen MR) is 70.7 cm³/mol. The molecule has 5 heteroatoms. The van der Waals surface area contributed by atoms with Crippen molar-refractivity contribution in [1.82, 2.24) is 4.98 Å². The summed E-state index contributed by atoms with van der Waals surface area (Å²) in [5.74, 6) is -0.730. The molecule has 2 nitrogen and oxygen atoms in total. The number of halogens is 2. The Morgan fingerprint density at radius 3 is 2.83 bits per heavy atom. The zero-order valence-corrected chi connectivity index (χ0v) is 10.8. The maximum atomic E-state index is 13.3. The van der Waals surface area contributed by atoms with E-state index in [9.17, 15) is 9.18 Å². The first-order chi connectivity index (χ1) is 8.68. The number of pyridine rings is 1. The van der Waals surface area contributed by atoms with E-state index in [0.29, 0.717) is 5.02 Å². The maximum absolute atomic E-state index is 13.3. The third kappa shape index (κ3) is 3.09. The molecule has 0 aliphatic rings. The predicted octanol–water partition coefficient (Wildman–Crippen LogP) is 3.85. The lowest BCUT2D eigenvalue weighted by Crippen LogP contribution is -2.05. The smallest absolute Gasteiger partial charge is 0.176 e. The minimum Gasteiger partial charge on any atom is -0.293 e. The van der Waals surface area contributed by atoms with E-state index < -0.39 is 5.82 Å². The van der Waals surface area contributed by atoms with E-state index in [2.05, 4.69) is 4.98 Å². The molecule has 18 heavy (non-hydrogen) atoms. The molecule has 1 heterocycles. The number of aromatic nitrogens is 1. The summed E-state index contributed by atoms with van der Waals surface area (Å²) in [6.07, 6.45) is 2.43. The van der Waals surface area contributed by atoms with Gasteiger partial charge in [0.2, 0.25) is 0 Å². The number of rotatable bonds is 4. The summed E-state index contributed by atoms with van der Waals surface area (Å²) in [5.41, 5.74) is 0.0598. The average Bonchev–Trinajstić information content (AvgIpc) is 2.38. The second kappa shape index (κ2) is 5.98. The topological polar surface area (TPSA) is 30.0 Å². The van der Waals surface area contributed by atoms with Crippen molar-refractivity contribution in [3.8, 4) is 0 Å². The van der Waals surface area contributed by atoms with Gasteiger partial charge in [0.25, 0.3) is 0 Å². The number of thioether (sulfide) groups is 1. The molecule has 2 rings (SSSR count). The van der Waals surface area contributed by atoms with Crippen molar-refractivity contribution < 1.29 is 9.18 Å². The van der Waals surface area contributed by atoms with Crippen molar-refractivity contribution in [3.63, 3.8) is 0 Å². The van der Waals surface area contributed by atoms with E-state index in [1.807, 2.05) is 18.2 Å².